The summed E-state index contributed by atoms with van der Waals surface area (Å²) < 4.78 is 1.88. The molecule has 0 aliphatic heterocycles. The van der Waals surface area contributed by atoms with Gasteiger partial charge in [0.1, 0.15) is 0 Å². The molecule has 4 heteroatoms. The first-order valence-corrected chi connectivity index (χ1v) is 6.46. The predicted molar refractivity (Wildman–Crippen MR) is 49.9 cm³/mol. The smallest absolute Gasteiger partial charge is 0.0847 e. The molecule has 1 rings (SSSR count). The number of rotatable bonds is 1. The number of hydrogen-bond donors (Lipinski definition) is 1. The fraction of sp³-hybridized carbons (Fsp3) is 0.500. The summed E-state index contributed by atoms with van der Waals surface area (Å²) in [5, 5.41) is 5.29. The van der Waals surface area contributed by atoms with Crippen molar-refractivity contribution < 1.29 is 0 Å². The van der Waals surface area contributed by atoms with Crippen molar-refractivity contribution in [1.82, 2.24) is 9.78 Å². The fourth-order valence-corrected chi connectivity index (χ4v) is 2.48. The zero-order chi connectivity index (χ0) is 7.78. The molecular formula is C6H12N2S2. The Morgan fingerprint density at radius 2 is 2.20 bits per heavy atom. The first-order valence-electron chi connectivity index (χ1n) is 2.95. The lowest BCUT2D eigenvalue weighted by atomic mass is 10.7. The molecule has 0 amide bonds. The fourth-order valence-electron chi connectivity index (χ4n) is 0.852. The standard InChI is InChI=1S/C6H12N2S2/c1-8-6(4-5-7-8)10(2,3)9/h4-5,9H,1-3H3. The second-order valence-corrected chi connectivity index (χ2v) is 8.27. The summed E-state index contributed by atoms with van der Waals surface area (Å²) in [5.74, 6) is 0. The largest absolute Gasteiger partial charge is 0.263 e. The maximum absolute atomic E-state index is 4.50. The van der Waals surface area contributed by atoms with E-state index in [0.717, 1.165) is 0 Å². The van der Waals surface area contributed by atoms with E-state index in [2.05, 4.69) is 29.3 Å². The van der Waals surface area contributed by atoms with Crippen molar-refractivity contribution in [1.29, 1.82) is 0 Å². The summed E-state index contributed by atoms with van der Waals surface area (Å²) >= 11 is 4.50. The highest BCUT2D eigenvalue weighted by atomic mass is 33.1. The van der Waals surface area contributed by atoms with Crippen molar-refractivity contribution in [3.63, 3.8) is 0 Å². The van der Waals surface area contributed by atoms with Gasteiger partial charge in [0.15, 0.2) is 0 Å². The molecule has 10 heavy (non-hydrogen) atoms. The third kappa shape index (κ3) is 1.49. The van der Waals surface area contributed by atoms with E-state index in [4.69, 9.17) is 0 Å². The van der Waals surface area contributed by atoms with Crippen LogP contribution in [0, 0.1) is 0 Å². The minimum absolute atomic E-state index is 0.895. The summed E-state index contributed by atoms with van der Waals surface area (Å²) in [5.41, 5.74) is 0. The second kappa shape index (κ2) is 2.51. The van der Waals surface area contributed by atoms with Gasteiger partial charge in [-0.2, -0.15) is 14.2 Å². The monoisotopic (exact) mass is 176 g/mol. The molecule has 2 nitrogen and oxygen atoms in total. The van der Waals surface area contributed by atoms with Gasteiger partial charge in [0.05, 0.1) is 11.2 Å². The lowest BCUT2D eigenvalue weighted by Gasteiger charge is -2.23. The second-order valence-electron chi connectivity index (χ2n) is 2.57. The van der Waals surface area contributed by atoms with Crippen LogP contribution in [0.1, 0.15) is 0 Å². The van der Waals surface area contributed by atoms with E-state index in [1.165, 1.54) is 5.03 Å². The molecule has 0 fully saturated rings. The number of aromatic nitrogens is 2. The molecule has 0 bridgehead atoms. The third-order valence-corrected chi connectivity index (χ3v) is 3.27. The van der Waals surface area contributed by atoms with Crippen LogP contribution in [0.25, 0.3) is 0 Å². The van der Waals surface area contributed by atoms with Crippen LogP contribution in [0.5, 0.6) is 0 Å². The summed E-state index contributed by atoms with van der Waals surface area (Å²) in [6.45, 7) is 0. The van der Waals surface area contributed by atoms with Crippen molar-refractivity contribution in [2.24, 2.45) is 7.05 Å². The SMILES string of the molecule is Cn1nccc1S(C)(C)S. The molecule has 0 spiro atoms. The summed E-state index contributed by atoms with van der Waals surface area (Å²) in [6.07, 6.45) is 6.07. The van der Waals surface area contributed by atoms with Gasteiger partial charge in [-0.25, -0.2) is 0 Å². The molecule has 0 unspecified atom stereocenters. The number of nitrogens with zero attached hydrogens (tertiary/aromatic N) is 2. The van der Waals surface area contributed by atoms with Gasteiger partial charge >= 0.3 is 0 Å². The lowest BCUT2D eigenvalue weighted by Crippen LogP contribution is -1.98. The predicted octanol–water partition coefficient (Wildman–Crippen LogP) is 1.69. The maximum Gasteiger partial charge on any atom is 0.0847 e. The number of aryl methyl sites for hydroxylation is 1. The van der Waals surface area contributed by atoms with Crippen molar-refractivity contribution >= 4 is 20.7 Å². The number of thiol groups is 1. The molecule has 58 valence electrons. The first-order chi connectivity index (χ1) is 4.52. The van der Waals surface area contributed by atoms with Gasteiger partial charge in [0, 0.05) is 7.05 Å². The molecule has 0 saturated carbocycles. The van der Waals surface area contributed by atoms with Crippen molar-refractivity contribution in [3.8, 4) is 0 Å². The van der Waals surface area contributed by atoms with E-state index < -0.39 is 9.06 Å². The summed E-state index contributed by atoms with van der Waals surface area (Å²) in [6, 6.07) is 2.02. The van der Waals surface area contributed by atoms with Gasteiger partial charge in [-0.1, -0.05) is 0 Å². The van der Waals surface area contributed by atoms with Crippen LogP contribution in [0.3, 0.4) is 0 Å². The Morgan fingerprint density at radius 1 is 1.60 bits per heavy atom. The van der Waals surface area contributed by atoms with E-state index in [9.17, 15) is 0 Å². The van der Waals surface area contributed by atoms with Crippen molar-refractivity contribution in [2.45, 2.75) is 5.03 Å². The van der Waals surface area contributed by atoms with Gasteiger partial charge in [0.2, 0.25) is 0 Å². The Balaban J connectivity index is 3.05. The Morgan fingerprint density at radius 3 is 2.40 bits per heavy atom. The molecule has 1 aromatic rings. The van der Waals surface area contributed by atoms with Crippen LogP contribution >= 0.6 is 20.7 Å². The highest BCUT2D eigenvalue weighted by molar-refractivity contribution is 8.87. The van der Waals surface area contributed by atoms with E-state index in [-0.39, 0.29) is 0 Å². The highest BCUT2D eigenvalue weighted by Crippen LogP contribution is 2.52. The van der Waals surface area contributed by atoms with Crippen molar-refractivity contribution in [3.05, 3.63) is 12.3 Å². The molecule has 0 N–H and O–H groups in total. The van der Waals surface area contributed by atoms with Gasteiger partial charge < -0.3 is 0 Å². The molecule has 0 radical (unpaired) electrons. The third-order valence-electron chi connectivity index (χ3n) is 1.29. The van der Waals surface area contributed by atoms with Crippen LogP contribution in [0.2, 0.25) is 0 Å². The van der Waals surface area contributed by atoms with E-state index in [1.54, 1.807) is 6.20 Å². The van der Waals surface area contributed by atoms with Crippen LogP contribution < -0.4 is 0 Å². The zero-order valence-electron chi connectivity index (χ0n) is 6.40. The van der Waals surface area contributed by atoms with Gasteiger partial charge in [-0.05, 0) is 18.6 Å². The van der Waals surface area contributed by atoms with E-state index in [1.807, 2.05) is 17.8 Å². The minimum Gasteiger partial charge on any atom is -0.263 e. The Bertz CT molecular complexity index is 224. The van der Waals surface area contributed by atoms with Gasteiger partial charge in [-0.15, -0.1) is 11.7 Å². The Hall–Kier alpha value is -0.0900. The summed E-state index contributed by atoms with van der Waals surface area (Å²) in [4.78, 5) is 0. The van der Waals surface area contributed by atoms with Crippen LogP contribution in [0.4, 0.5) is 0 Å². The average molecular weight is 176 g/mol. The number of hydrogen-bond acceptors (Lipinski definition) is 2. The molecular weight excluding hydrogens is 164 g/mol. The Kier molecular flexibility index (Phi) is 2.01. The summed E-state index contributed by atoms with van der Waals surface area (Å²) in [7, 11) is 1.05. The molecule has 1 heterocycles. The van der Waals surface area contributed by atoms with E-state index in [0.29, 0.717) is 0 Å². The molecule has 0 aliphatic carbocycles. The van der Waals surface area contributed by atoms with Crippen LogP contribution in [0.15, 0.2) is 17.3 Å². The molecule has 0 aromatic carbocycles. The zero-order valence-corrected chi connectivity index (χ0v) is 8.12. The van der Waals surface area contributed by atoms with Crippen molar-refractivity contribution in [2.75, 3.05) is 12.5 Å². The lowest BCUT2D eigenvalue weighted by molar-refractivity contribution is 0.697. The van der Waals surface area contributed by atoms with Gasteiger partial charge in [0.25, 0.3) is 0 Å². The van der Waals surface area contributed by atoms with Crippen LogP contribution in [-0.4, -0.2) is 22.3 Å². The quantitative estimate of drug-likeness (QED) is 0.509. The highest BCUT2D eigenvalue weighted by Gasteiger charge is 2.11. The molecule has 1 aromatic heterocycles. The molecule has 0 saturated heterocycles. The topological polar surface area (TPSA) is 17.8 Å². The maximum atomic E-state index is 4.50. The molecule has 0 atom stereocenters. The average Bonchev–Trinajstić information content (AvgIpc) is 2.11. The molecule has 0 aliphatic rings. The van der Waals surface area contributed by atoms with Crippen LogP contribution in [-0.2, 0) is 7.05 Å². The minimum atomic E-state index is -0.895. The first kappa shape index (κ1) is 8.01. The van der Waals surface area contributed by atoms with Gasteiger partial charge in [-0.3, -0.25) is 4.68 Å². The Labute approximate surface area is 67.7 Å². The van der Waals surface area contributed by atoms with E-state index >= 15 is 0 Å². The normalized spacial score (nSPS) is 13.6.